The quantitative estimate of drug-likeness (QED) is 0.315. The maximum absolute atomic E-state index is 12.3. The number of nitrogens with two attached hydrogens (primary N) is 1. The molecule has 0 heterocycles. The van der Waals surface area contributed by atoms with Gasteiger partial charge in [-0.05, 0) is 16.7 Å². The van der Waals surface area contributed by atoms with E-state index in [1.165, 1.54) is 11.8 Å². The minimum atomic E-state index is -1.16. The Morgan fingerprint density at radius 3 is 1.62 bits per heavy atom. The molecule has 8 heteroatoms. The Hall–Kier alpha value is -3.62. The zero-order valence-electron chi connectivity index (χ0n) is 18.5. The fourth-order valence-corrected chi connectivity index (χ4v) is 5.20. The lowest BCUT2D eigenvalue weighted by Gasteiger charge is -2.36. The second kappa shape index (κ2) is 12.0. The highest BCUT2D eigenvalue weighted by atomic mass is 32.2. The maximum atomic E-state index is 12.3. The van der Waals surface area contributed by atoms with Crippen LogP contribution in [0.2, 0.25) is 0 Å². The largest absolute Gasteiger partial charge is 0.480 e. The van der Waals surface area contributed by atoms with Gasteiger partial charge < -0.3 is 21.5 Å². The van der Waals surface area contributed by atoms with Crippen LogP contribution in [0.15, 0.2) is 91.0 Å². The van der Waals surface area contributed by atoms with Crippen molar-refractivity contribution in [1.29, 1.82) is 0 Å². The SMILES string of the molecule is NCC(=O)NCC(=O)N[C@@H](CSC(c1ccccc1)(c1ccccc1)c1ccccc1)C(=O)O. The number of aliphatic carboxylic acids is 1. The zero-order chi connectivity index (χ0) is 24.4. The molecule has 0 aliphatic carbocycles. The number of carboxylic acids is 1. The van der Waals surface area contributed by atoms with E-state index in [1.807, 2.05) is 91.0 Å². The van der Waals surface area contributed by atoms with Crippen LogP contribution in [-0.4, -0.2) is 47.8 Å². The molecule has 1 atom stereocenters. The monoisotopic (exact) mass is 477 g/mol. The Morgan fingerprint density at radius 1 is 0.794 bits per heavy atom. The van der Waals surface area contributed by atoms with Gasteiger partial charge in [0.2, 0.25) is 11.8 Å². The van der Waals surface area contributed by atoms with E-state index in [0.29, 0.717) is 0 Å². The summed E-state index contributed by atoms with van der Waals surface area (Å²) < 4.78 is -0.712. The summed E-state index contributed by atoms with van der Waals surface area (Å²) >= 11 is 1.43. The average Bonchev–Trinajstić information content (AvgIpc) is 2.88. The van der Waals surface area contributed by atoms with Gasteiger partial charge in [0.15, 0.2) is 0 Å². The van der Waals surface area contributed by atoms with Crippen molar-refractivity contribution >= 4 is 29.5 Å². The van der Waals surface area contributed by atoms with Gasteiger partial charge in [-0.2, -0.15) is 0 Å². The van der Waals surface area contributed by atoms with Crippen LogP contribution < -0.4 is 16.4 Å². The van der Waals surface area contributed by atoms with Crippen LogP contribution in [0.1, 0.15) is 16.7 Å². The fraction of sp³-hybridized carbons (Fsp3) is 0.192. The molecule has 5 N–H and O–H groups in total. The molecule has 7 nitrogen and oxygen atoms in total. The molecule has 34 heavy (non-hydrogen) atoms. The molecule has 2 amide bonds. The number of amides is 2. The minimum Gasteiger partial charge on any atom is -0.480 e. The van der Waals surface area contributed by atoms with Gasteiger partial charge in [-0.1, -0.05) is 91.0 Å². The van der Waals surface area contributed by atoms with Crippen molar-refractivity contribution in [2.24, 2.45) is 5.73 Å². The molecule has 0 aromatic heterocycles. The second-order valence-electron chi connectivity index (χ2n) is 7.53. The van der Waals surface area contributed by atoms with Crippen molar-refractivity contribution in [3.05, 3.63) is 108 Å². The number of rotatable bonds is 11. The number of carboxylic acid groups (broad SMARTS) is 1. The van der Waals surface area contributed by atoms with Crippen molar-refractivity contribution in [1.82, 2.24) is 10.6 Å². The molecule has 3 rings (SSSR count). The first-order valence-corrected chi connectivity index (χ1v) is 11.8. The van der Waals surface area contributed by atoms with Gasteiger partial charge in [-0.15, -0.1) is 11.8 Å². The van der Waals surface area contributed by atoms with Crippen molar-refractivity contribution in [2.45, 2.75) is 10.8 Å². The fourth-order valence-electron chi connectivity index (χ4n) is 3.65. The van der Waals surface area contributed by atoms with E-state index in [0.717, 1.165) is 16.7 Å². The number of carbonyl (C=O) groups excluding carboxylic acids is 2. The van der Waals surface area contributed by atoms with E-state index in [4.69, 9.17) is 5.73 Å². The highest BCUT2D eigenvalue weighted by molar-refractivity contribution is 8.00. The second-order valence-corrected chi connectivity index (χ2v) is 8.76. The first-order chi connectivity index (χ1) is 16.5. The lowest BCUT2D eigenvalue weighted by molar-refractivity contribution is -0.141. The Labute approximate surface area is 202 Å². The van der Waals surface area contributed by atoms with Gasteiger partial charge >= 0.3 is 5.97 Å². The van der Waals surface area contributed by atoms with Crippen molar-refractivity contribution in [3.63, 3.8) is 0 Å². The molecule has 0 saturated heterocycles. The Kier molecular flexibility index (Phi) is 8.84. The van der Waals surface area contributed by atoms with E-state index in [1.54, 1.807) is 0 Å². The van der Waals surface area contributed by atoms with Crippen LogP contribution in [0.4, 0.5) is 0 Å². The van der Waals surface area contributed by atoms with Crippen LogP contribution in [-0.2, 0) is 19.1 Å². The Bertz CT molecular complexity index is 998. The summed E-state index contributed by atoms with van der Waals surface area (Å²) in [6, 6.07) is 28.5. The molecule has 0 fully saturated rings. The summed E-state index contributed by atoms with van der Waals surface area (Å²) in [6.45, 7) is -0.592. The molecular weight excluding hydrogens is 450 g/mol. The molecule has 0 aliphatic rings. The smallest absolute Gasteiger partial charge is 0.327 e. The van der Waals surface area contributed by atoms with Gasteiger partial charge in [0.1, 0.15) is 6.04 Å². The Morgan fingerprint density at radius 2 is 1.24 bits per heavy atom. The third-order valence-electron chi connectivity index (χ3n) is 5.27. The summed E-state index contributed by atoms with van der Waals surface area (Å²) in [4.78, 5) is 35.6. The van der Waals surface area contributed by atoms with Crippen LogP contribution >= 0.6 is 11.8 Å². The maximum Gasteiger partial charge on any atom is 0.327 e. The molecule has 0 saturated carbocycles. The normalized spacial score (nSPS) is 11.9. The summed E-state index contributed by atoms with van der Waals surface area (Å²) in [6.07, 6.45) is 0. The van der Waals surface area contributed by atoms with Crippen molar-refractivity contribution < 1.29 is 19.5 Å². The predicted octanol–water partition coefficient (Wildman–Crippen LogP) is 2.36. The third kappa shape index (κ3) is 6.03. The molecule has 0 unspecified atom stereocenters. The standard InChI is InChI=1S/C26H27N3O4S/c27-16-23(30)28-17-24(31)29-22(25(32)33)18-34-26(19-10-4-1-5-11-19,20-12-6-2-7-13-20)21-14-8-3-9-15-21/h1-15,22H,16-18,27H2,(H,28,30)(H,29,31)(H,32,33)/t22-/m0/s1. The lowest BCUT2D eigenvalue weighted by atomic mass is 9.84. The first-order valence-electron chi connectivity index (χ1n) is 10.8. The van der Waals surface area contributed by atoms with E-state index in [2.05, 4.69) is 10.6 Å². The first kappa shape index (κ1) is 25.0. The van der Waals surface area contributed by atoms with Crippen LogP contribution in [0.3, 0.4) is 0 Å². The number of benzene rings is 3. The Balaban J connectivity index is 1.96. The van der Waals surface area contributed by atoms with E-state index in [9.17, 15) is 19.5 Å². The average molecular weight is 478 g/mol. The minimum absolute atomic E-state index is 0.0879. The number of hydrogen-bond donors (Lipinski definition) is 4. The van der Waals surface area contributed by atoms with E-state index in [-0.39, 0.29) is 18.8 Å². The predicted molar refractivity (Wildman–Crippen MR) is 133 cm³/mol. The van der Waals surface area contributed by atoms with Crippen LogP contribution in [0, 0.1) is 0 Å². The summed E-state index contributed by atoms with van der Waals surface area (Å²) in [5, 5.41) is 14.7. The molecule has 0 spiro atoms. The molecule has 3 aromatic rings. The van der Waals surface area contributed by atoms with Gasteiger partial charge in [-0.3, -0.25) is 9.59 Å². The number of carbonyl (C=O) groups is 3. The van der Waals surface area contributed by atoms with Crippen molar-refractivity contribution in [3.8, 4) is 0 Å². The topological polar surface area (TPSA) is 122 Å². The van der Waals surface area contributed by atoms with Gasteiger partial charge in [0, 0.05) is 5.75 Å². The number of nitrogens with one attached hydrogen (secondary N) is 2. The van der Waals surface area contributed by atoms with Crippen LogP contribution in [0.25, 0.3) is 0 Å². The van der Waals surface area contributed by atoms with Gasteiger partial charge in [0.25, 0.3) is 0 Å². The molecular formula is C26H27N3O4S. The van der Waals surface area contributed by atoms with Crippen molar-refractivity contribution in [2.75, 3.05) is 18.8 Å². The third-order valence-corrected chi connectivity index (χ3v) is 6.91. The molecule has 0 bridgehead atoms. The summed E-state index contributed by atoms with van der Waals surface area (Å²) in [5.74, 6) is -2.16. The van der Waals surface area contributed by atoms with E-state index >= 15 is 0 Å². The highest BCUT2D eigenvalue weighted by Crippen LogP contribution is 2.48. The summed E-state index contributed by atoms with van der Waals surface area (Å²) in [7, 11) is 0. The molecule has 0 aliphatic heterocycles. The highest BCUT2D eigenvalue weighted by Gasteiger charge is 2.38. The zero-order valence-corrected chi connectivity index (χ0v) is 19.3. The summed E-state index contributed by atoms with van der Waals surface area (Å²) in [5.41, 5.74) is 8.19. The van der Waals surface area contributed by atoms with Crippen LogP contribution in [0.5, 0.6) is 0 Å². The molecule has 176 valence electrons. The molecule has 3 aromatic carbocycles. The molecule has 0 radical (unpaired) electrons. The number of hydrogen-bond acceptors (Lipinski definition) is 5. The van der Waals surface area contributed by atoms with Gasteiger partial charge in [0.05, 0.1) is 17.8 Å². The lowest BCUT2D eigenvalue weighted by Crippen LogP contribution is -2.48. The number of thioether (sulfide) groups is 1. The van der Waals surface area contributed by atoms with E-state index < -0.39 is 28.6 Å². The van der Waals surface area contributed by atoms with Gasteiger partial charge in [-0.25, -0.2) is 4.79 Å².